The van der Waals surface area contributed by atoms with E-state index in [0.29, 0.717) is 5.56 Å². The average molecular weight is 376 g/mol. The first-order valence-corrected chi connectivity index (χ1v) is 9.18. The van der Waals surface area contributed by atoms with E-state index in [9.17, 15) is 18.4 Å². The molecule has 3 rings (SSSR count). The molecule has 1 aromatic carbocycles. The van der Waals surface area contributed by atoms with Crippen LogP contribution in [0, 0.1) is 5.21 Å². The molecule has 1 aliphatic rings. The largest absolute Gasteiger partial charge is 0.619 e. The predicted molar refractivity (Wildman–Crippen MR) is 98.8 cm³/mol. The van der Waals surface area contributed by atoms with Gasteiger partial charge in [-0.05, 0) is 61.1 Å². The van der Waals surface area contributed by atoms with Gasteiger partial charge in [-0.2, -0.15) is 17.9 Å². The van der Waals surface area contributed by atoms with Gasteiger partial charge in [0.05, 0.1) is 5.56 Å². The lowest BCUT2D eigenvalue weighted by atomic mass is 9.97. The highest BCUT2D eigenvalue weighted by atomic mass is 19.4. The number of rotatable bonds is 6. The van der Waals surface area contributed by atoms with Crippen LogP contribution >= 0.6 is 0 Å². The van der Waals surface area contributed by atoms with Gasteiger partial charge < -0.3 is 5.21 Å². The van der Waals surface area contributed by atoms with Gasteiger partial charge in [-0.3, -0.25) is 4.90 Å². The minimum atomic E-state index is -4.30. The Bertz CT molecular complexity index is 785. The van der Waals surface area contributed by atoms with Gasteiger partial charge in [-0.1, -0.05) is 18.2 Å². The summed E-state index contributed by atoms with van der Waals surface area (Å²) in [6, 6.07) is 9.27. The van der Waals surface area contributed by atoms with Crippen LogP contribution in [0.5, 0.6) is 0 Å². The molecule has 0 bridgehead atoms. The number of aromatic nitrogens is 1. The van der Waals surface area contributed by atoms with Crippen molar-refractivity contribution in [2.75, 3.05) is 19.6 Å². The van der Waals surface area contributed by atoms with Crippen LogP contribution < -0.4 is 4.73 Å². The third-order valence-corrected chi connectivity index (χ3v) is 4.91. The smallest absolute Gasteiger partial charge is 0.416 e. The van der Waals surface area contributed by atoms with E-state index < -0.39 is 11.7 Å². The van der Waals surface area contributed by atoms with Crippen molar-refractivity contribution in [1.82, 2.24) is 4.90 Å². The van der Waals surface area contributed by atoms with Gasteiger partial charge in [-0.25, -0.2) is 0 Å². The lowest BCUT2D eigenvalue weighted by Crippen LogP contribution is -2.29. The summed E-state index contributed by atoms with van der Waals surface area (Å²) in [5.41, 5.74) is 2.23. The maximum Gasteiger partial charge on any atom is 0.416 e. The maximum absolute atomic E-state index is 12.9. The molecule has 1 aromatic heterocycles. The van der Waals surface area contributed by atoms with E-state index in [0.717, 1.165) is 67.3 Å². The van der Waals surface area contributed by atoms with Gasteiger partial charge in [-0.15, -0.1) is 0 Å². The molecule has 27 heavy (non-hydrogen) atoms. The third kappa shape index (κ3) is 5.57. The van der Waals surface area contributed by atoms with E-state index in [-0.39, 0.29) is 0 Å². The Hall–Kier alpha value is -2.34. The SMILES string of the molecule is [O-][n+]1ccc(CCCCN2CC=C(c3cccc(C(F)(F)F)c3)CC2)cc1. The number of unbranched alkanes of at least 4 members (excludes halogenated alkanes) is 1. The Morgan fingerprint density at radius 2 is 1.85 bits per heavy atom. The van der Waals surface area contributed by atoms with Crippen molar-refractivity contribution < 1.29 is 17.9 Å². The summed E-state index contributed by atoms with van der Waals surface area (Å²) in [5.74, 6) is 0. The summed E-state index contributed by atoms with van der Waals surface area (Å²) >= 11 is 0. The number of pyridine rings is 1. The van der Waals surface area contributed by atoms with Crippen LogP contribution in [0.2, 0.25) is 0 Å². The van der Waals surface area contributed by atoms with Gasteiger partial charge in [0, 0.05) is 25.2 Å². The van der Waals surface area contributed by atoms with E-state index in [2.05, 4.69) is 4.90 Å². The standard InChI is InChI=1S/C21H23F3N2O/c22-21(23,24)20-6-3-5-19(16-20)18-9-12-25(13-10-18)11-2-1-4-17-7-14-26(27)15-8-17/h3,5-9,14-16H,1-2,4,10-13H2. The van der Waals surface area contributed by atoms with Crippen LogP contribution in [-0.2, 0) is 12.6 Å². The molecular formula is C21H23F3N2O. The van der Waals surface area contributed by atoms with Gasteiger partial charge in [0.15, 0.2) is 12.4 Å². The highest BCUT2D eigenvalue weighted by molar-refractivity contribution is 5.67. The van der Waals surface area contributed by atoms with Crippen molar-refractivity contribution in [1.29, 1.82) is 0 Å². The zero-order valence-electron chi connectivity index (χ0n) is 15.1. The molecule has 0 fully saturated rings. The van der Waals surface area contributed by atoms with E-state index >= 15 is 0 Å². The van der Waals surface area contributed by atoms with Gasteiger partial charge >= 0.3 is 6.18 Å². The average Bonchev–Trinajstić information content (AvgIpc) is 2.67. The molecule has 0 spiro atoms. The molecule has 144 valence electrons. The number of halogens is 3. The van der Waals surface area contributed by atoms with Gasteiger partial charge in [0.1, 0.15) is 0 Å². The summed E-state index contributed by atoms with van der Waals surface area (Å²) < 4.78 is 39.4. The lowest BCUT2D eigenvalue weighted by molar-refractivity contribution is -0.605. The van der Waals surface area contributed by atoms with Crippen LogP contribution in [-0.4, -0.2) is 24.5 Å². The highest BCUT2D eigenvalue weighted by Crippen LogP contribution is 2.32. The summed E-state index contributed by atoms with van der Waals surface area (Å²) in [4.78, 5) is 2.33. The molecule has 1 aliphatic heterocycles. The second-order valence-corrected chi connectivity index (χ2v) is 6.88. The Kier molecular flexibility index (Phi) is 6.16. The monoisotopic (exact) mass is 376 g/mol. The Labute approximate surface area is 157 Å². The molecule has 0 radical (unpaired) electrons. The molecule has 0 unspecified atom stereocenters. The fourth-order valence-corrected chi connectivity index (χ4v) is 3.35. The second-order valence-electron chi connectivity index (χ2n) is 6.88. The first kappa shape index (κ1) is 19.4. The van der Waals surface area contributed by atoms with Crippen LogP contribution in [0.15, 0.2) is 54.9 Å². The summed E-state index contributed by atoms with van der Waals surface area (Å²) in [6.07, 6.45) is 4.58. The number of aryl methyl sites for hydroxylation is 1. The first-order valence-electron chi connectivity index (χ1n) is 9.18. The van der Waals surface area contributed by atoms with E-state index in [1.165, 1.54) is 24.5 Å². The summed E-state index contributed by atoms with van der Waals surface area (Å²) in [6.45, 7) is 2.61. The fourth-order valence-electron chi connectivity index (χ4n) is 3.35. The number of hydrogen-bond acceptors (Lipinski definition) is 2. The molecule has 0 saturated carbocycles. The third-order valence-electron chi connectivity index (χ3n) is 4.91. The molecule has 2 aromatic rings. The zero-order valence-corrected chi connectivity index (χ0v) is 15.1. The van der Waals surface area contributed by atoms with Crippen LogP contribution in [0.3, 0.4) is 0 Å². The number of nitrogens with zero attached hydrogens (tertiary/aromatic N) is 2. The van der Waals surface area contributed by atoms with Crippen LogP contribution in [0.4, 0.5) is 13.2 Å². The Balaban J connectivity index is 1.46. The first-order chi connectivity index (χ1) is 12.9. The molecule has 3 nitrogen and oxygen atoms in total. The van der Waals surface area contributed by atoms with Crippen molar-refractivity contribution in [3.8, 4) is 0 Å². The van der Waals surface area contributed by atoms with Crippen molar-refractivity contribution in [3.05, 3.63) is 76.8 Å². The van der Waals surface area contributed by atoms with E-state index in [1.807, 2.05) is 18.2 Å². The number of hydrogen-bond donors (Lipinski definition) is 0. The normalized spacial score (nSPS) is 15.6. The molecular weight excluding hydrogens is 353 g/mol. The van der Waals surface area contributed by atoms with E-state index in [1.54, 1.807) is 6.07 Å². The minimum Gasteiger partial charge on any atom is -0.619 e. The van der Waals surface area contributed by atoms with Crippen molar-refractivity contribution >= 4 is 5.57 Å². The molecule has 2 heterocycles. The molecule has 0 atom stereocenters. The molecule has 0 saturated heterocycles. The van der Waals surface area contributed by atoms with Crippen molar-refractivity contribution in [2.45, 2.75) is 31.9 Å². The molecule has 0 N–H and O–H groups in total. The fraction of sp³-hybridized carbons (Fsp3) is 0.381. The predicted octanol–water partition coefficient (Wildman–Crippen LogP) is 4.45. The Morgan fingerprint density at radius 1 is 1.07 bits per heavy atom. The molecule has 0 aliphatic carbocycles. The highest BCUT2D eigenvalue weighted by Gasteiger charge is 2.30. The number of alkyl halides is 3. The maximum atomic E-state index is 12.9. The summed E-state index contributed by atoms with van der Waals surface area (Å²) in [7, 11) is 0. The van der Waals surface area contributed by atoms with Gasteiger partial charge in [0.2, 0.25) is 0 Å². The zero-order chi connectivity index (χ0) is 19.3. The number of benzene rings is 1. The minimum absolute atomic E-state index is 0.591. The van der Waals surface area contributed by atoms with E-state index in [4.69, 9.17) is 0 Å². The topological polar surface area (TPSA) is 30.2 Å². The van der Waals surface area contributed by atoms with Crippen molar-refractivity contribution in [3.63, 3.8) is 0 Å². The van der Waals surface area contributed by atoms with Gasteiger partial charge in [0.25, 0.3) is 0 Å². The summed E-state index contributed by atoms with van der Waals surface area (Å²) in [5, 5.41) is 11.0. The van der Waals surface area contributed by atoms with Crippen LogP contribution in [0.1, 0.15) is 36.0 Å². The Morgan fingerprint density at radius 3 is 2.52 bits per heavy atom. The van der Waals surface area contributed by atoms with Crippen LogP contribution in [0.25, 0.3) is 5.57 Å². The quantitative estimate of drug-likeness (QED) is 0.424. The second kappa shape index (κ2) is 8.57. The lowest BCUT2D eigenvalue weighted by Gasteiger charge is -2.26. The molecule has 6 heteroatoms. The molecule has 0 amide bonds. The van der Waals surface area contributed by atoms with Crippen molar-refractivity contribution in [2.24, 2.45) is 0 Å².